The number of imidazole rings is 1. The number of H-pyrrole nitrogens is 1. The van der Waals surface area contributed by atoms with Gasteiger partial charge in [0.2, 0.25) is 11.7 Å². The number of rotatable bonds is 5. The largest absolute Gasteiger partial charge is 0.349 e. The van der Waals surface area contributed by atoms with E-state index < -0.39 is 0 Å². The minimum Gasteiger partial charge on any atom is -0.349 e. The second-order valence-corrected chi connectivity index (χ2v) is 7.14. The maximum Gasteiger partial charge on any atom is 0.231 e. The number of nitrogens with one attached hydrogen (secondary N) is 2. The lowest BCUT2D eigenvalue weighted by Gasteiger charge is -2.16. The number of aryl methyl sites for hydroxylation is 1. The van der Waals surface area contributed by atoms with Gasteiger partial charge in [-0.05, 0) is 37.1 Å². The zero-order valence-corrected chi connectivity index (χ0v) is 15.4. The predicted octanol–water partition coefficient (Wildman–Crippen LogP) is 3.49. The number of hydrogen-bond acceptors (Lipinski definition) is 4. The Bertz CT molecular complexity index is 1080. The van der Waals surface area contributed by atoms with Crippen LogP contribution in [0.25, 0.3) is 16.8 Å². The van der Waals surface area contributed by atoms with Gasteiger partial charge in [0.15, 0.2) is 5.16 Å². The second-order valence-electron chi connectivity index (χ2n) is 6.20. The van der Waals surface area contributed by atoms with E-state index in [9.17, 15) is 4.79 Å². The Morgan fingerprint density at radius 1 is 1.23 bits per heavy atom. The van der Waals surface area contributed by atoms with Crippen LogP contribution in [0.3, 0.4) is 0 Å². The van der Waals surface area contributed by atoms with Gasteiger partial charge in [-0.1, -0.05) is 48.2 Å². The lowest BCUT2D eigenvalue weighted by Crippen LogP contribution is -2.28. The molecule has 0 radical (unpaired) electrons. The zero-order chi connectivity index (χ0) is 18.1. The first-order chi connectivity index (χ1) is 12.6. The van der Waals surface area contributed by atoms with Crippen molar-refractivity contribution in [1.29, 1.82) is 0 Å². The molecule has 0 bridgehead atoms. The number of nitrogens with zero attached hydrogens (tertiary/aromatic N) is 3. The SMILES string of the molecule is Cc1ccccc1C(C)NC(=O)CSc1n[nH]c2nc3ccccc3n12. The standard InChI is InChI=1S/C19H19N5OS/c1-12-7-3-4-8-14(12)13(2)20-17(25)11-26-19-23-22-18-21-15-9-5-6-10-16(15)24(18)19/h3-10,13H,11H2,1-2H3,(H,20,25)(H,21,22). The molecule has 0 saturated heterocycles. The van der Waals surface area contributed by atoms with Crippen LogP contribution >= 0.6 is 11.8 Å². The van der Waals surface area contributed by atoms with Gasteiger partial charge >= 0.3 is 0 Å². The summed E-state index contributed by atoms with van der Waals surface area (Å²) in [4.78, 5) is 16.9. The van der Waals surface area contributed by atoms with Crippen LogP contribution in [0.4, 0.5) is 0 Å². The van der Waals surface area contributed by atoms with Crippen LogP contribution in [0.5, 0.6) is 0 Å². The average molecular weight is 365 g/mol. The second kappa shape index (κ2) is 6.84. The Labute approximate surface area is 155 Å². The number of aromatic nitrogens is 4. The summed E-state index contributed by atoms with van der Waals surface area (Å²) in [5.74, 6) is 0.955. The maximum atomic E-state index is 12.4. The van der Waals surface area contributed by atoms with E-state index in [1.54, 1.807) is 0 Å². The fraction of sp³-hybridized carbons (Fsp3) is 0.211. The van der Waals surface area contributed by atoms with Crippen molar-refractivity contribution < 1.29 is 4.79 Å². The molecule has 0 aliphatic carbocycles. The monoisotopic (exact) mass is 365 g/mol. The van der Waals surface area contributed by atoms with E-state index in [0.717, 1.165) is 21.8 Å². The van der Waals surface area contributed by atoms with Crippen molar-refractivity contribution in [3.05, 3.63) is 59.7 Å². The van der Waals surface area contributed by atoms with Gasteiger partial charge in [0.25, 0.3) is 0 Å². The van der Waals surface area contributed by atoms with Crippen LogP contribution in [0, 0.1) is 6.92 Å². The normalized spacial score (nSPS) is 12.5. The Hall–Kier alpha value is -2.80. The van der Waals surface area contributed by atoms with Crippen LogP contribution in [-0.2, 0) is 4.79 Å². The molecular weight excluding hydrogens is 346 g/mol. The highest BCUT2D eigenvalue weighted by Gasteiger charge is 2.15. The zero-order valence-electron chi connectivity index (χ0n) is 14.6. The van der Waals surface area contributed by atoms with Gasteiger partial charge in [-0.2, -0.15) is 0 Å². The summed E-state index contributed by atoms with van der Waals surface area (Å²) in [6.07, 6.45) is 0. The lowest BCUT2D eigenvalue weighted by atomic mass is 10.0. The molecule has 1 atom stereocenters. The number of fused-ring (bicyclic) bond motifs is 3. The third-order valence-electron chi connectivity index (χ3n) is 4.37. The summed E-state index contributed by atoms with van der Waals surface area (Å²) in [7, 11) is 0. The van der Waals surface area contributed by atoms with Crippen molar-refractivity contribution in [1.82, 2.24) is 24.9 Å². The van der Waals surface area contributed by atoms with E-state index in [4.69, 9.17) is 0 Å². The number of benzene rings is 2. The number of carbonyl (C=O) groups excluding carboxylic acids is 1. The number of amides is 1. The highest BCUT2D eigenvalue weighted by atomic mass is 32.2. The molecule has 2 heterocycles. The third kappa shape index (κ3) is 3.06. The summed E-state index contributed by atoms with van der Waals surface area (Å²) in [6, 6.07) is 15.9. The Morgan fingerprint density at radius 3 is 2.85 bits per heavy atom. The lowest BCUT2D eigenvalue weighted by molar-refractivity contribution is -0.119. The Morgan fingerprint density at radius 2 is 2.00 bits per heavy atom. The van der Waals surface area contributed by atoms with Crippen LogP contribution in [0.2, 0.25) is 0 Å². The summed E-state index contributed by atoms with van der Waals surface area (Å²) in [5.41, 5.74) is 4.19. The van der Waals surface area contributed by atoms with E-state index in [0.29, 0.717) is 11.5 Å². The molecule has 1 amide bonds. The van der Waals surface area contributed by atoms with Crippen molar-refractivity contribution >= 4 is 34.5 Å². The fourth-order valence-electron chi connectivity index (χ4n) is 3.10. The third-order valence-corrected chi connectivity index (χ3v) is 5.31. The highest BCUT2D eigenvalue weighted by Crippen LogP contribution is 2.23. The summed E-state index contributed by atoms with van der Waals surface area (Å²) < 4.78 is 1.94. The molecule has 132 valence electrons. The molecule has 0 aliphatic rings. The molecule has 0 saturated carbocycles. The predicted molar refractivity (Wildman–Crippen MR) is 103 cm³/mol. The number of para-hydroxylation sites is 2. The van der Waals surface area contributed by atoms with Crippen molar-refractivity contribution in [3.8, 4) is 0 Å². The number of thioether (sulfide) groups is 1. The van der Waals surface area contributed by atoms with Crippen molar-refractivity contribution in [3.63, 3.8) is 0 Å². The van der Waals surface area contributed by atoms with Crippen LogP contribution in [0.1, 0.15) is 24.1 Å². The summed E-state index contributed by atoms with van der Waals surface area (Å²) in [5, 5.41) is 11.0. The number of aromatic amines is 1. The first-order valence-electron chi connectivity index (χ1n) is 8.43. The molecule has 1 unspecified atom stereocenters. The van der Waals surface area contributed by atoms with Gasteiger partial charge in [0.05, 0.1) is 22.8 Å². The molecule has 4 aromatic rings. The van der Waals surface area contributed by atoms with E-state index in [1.807, 2.05) is 53.8 Å². The van der Waals surface area contributed by atoms with Gasteiger partial charge in [-0.15, -0.1) is 5.10 Å². The smallest absolute Gasteiger partial charge is 0.231 e. The Kier molecular flexibility index (Phi) is 4.38. The van der Waals surface area contributed by atoms with Crippen LogP contribution in [0.15, 0.2) is 53.7 Å². The Balaban J connectivity index is 1.46. The molecule has 2 aromatic heterocycles. The van der Waals surface area contributed by atoms with Crippen LogP contribution < -0.4 is 5.32 Å². The molecule has 6 nitrogen and oxygen atoms in total. The maximum absolute atomic E-state index is 12.4. The summed E-state index contributed by atoms with van der Waals surface area (Å²) >= 11 is 1.39. The van der Waals surface area contributed by atoms with E-state index in [1.165, 1.54) is 17.3 Å². The molecule has 4 rings (SSSR count). The molecule has 2 N–H and O–H groups in total. The molecule has 7 heteroatoms. The van der Waals surface area contributed by atoms with Gasteiger partial charge in [-0.25, -0.2) is 10.1 Å². The highest BCUT2D eigenvalue weighted by molar-refractivity contribution is 7.99. The molecule has 26 heavy (non-hydrogen) atoms. The first kappa shape index (κ1) is 16.7. The van der Waals surface area contributed by atoms with Gasteiger partial charge in [0.1, 0.15) is 0 Å². The molecular formula is C19H19N5OS. The van der Waals surface area contributed by atoms with Gasteiger partial charge in [-0.3, -0.25) is 9.20 Å². The average Bonchev–Trinajstić information content (AvgIpc) is 3.19. The minimum absolute atomic E-state index is 0.0219. The van der Waals surface area contributed by atoms with Crippen LogP contribution in [-0.4, -0.2) is 31.2 Å². The quantitative estimate of drug-likeness (QED) is 0.531. The van der Waals surface area contributed by atoms with Gasteiger partial charge in [0, 0.05) is 0 Å². The van der Waals surface area contributed by atoms with Gasteiger partial charge < -0.3 is 5.32 Å². The minimum atomic E-state index is -0.0300. The van der Waals surface area contributed by atoms with Crippen molar-refractivity contribution in [2.45, 2.75) is 25.0 Å². The van der Waals surface area contributed by atoms with Crippen molar-refractivity contribution in [2.24, 2.45) is 0 Å². The number of carbonyl (C=O) groups is 1. The topological polar surface area (TPSA) is 75.1 Å². The fourth-order valence-corrected chi connectivity index (χ4v) is 3.87. The van der Waals surface area contributed by atoms with Crippen molar-refractivity contribution in [2.75, 3.05) is 5.75 Å². The van der Waals surface area contributed by atoms with E-state index in [-0.39, 0.29) is 11.9 Å². The molecule has 0 aliphatic heterocycles. The van der Waals surface area contributed by atoms with E-state index >= 15 is 0 Å². The summed E-state index contributed by atoms with van der Waals surface area (Å²) in [6.45, 7) is 4.05. The molecule has 2 aromatic carbocycles. The molecule has 0 fully saturated rings. The van der Waals surface area contributed by atoms with E-state index in [2.05, 4.69) is 33.5 Å². The molecule has 0 spiro atoms. The first-order valence-corrected chi connectivity index (χ1v) is 9.41. The number of hydrogen-bond donors (Lipinski definition) is 2.